The molecule has 0 aliphatic heterocycles. The van der Waals surface area contributed by atoms with Gasteiger partial charge in [-0.2, -0.15) is 0 Å². The Morgan fingerprint density at radius 3 is 2.05 bits per heavy atom. The lowest BCUT2D eigenvalue weighted by Gasteiger charge is -2.40. The first-order chi connectivity index (χ1) is 17.9. The highest BCUT2D eigenvalue weighted by molar-refractivity contribution is 6.30. The van der Waals surface area contributed by atoms with Crippen LogP contribution in [0.5, 0.6) is 0 Å². The molecule has 0 saturated heterocycles. The van der Waals surface area contributed by atoms with Crippen molar-refractivity contribution >= 4 is 28.8 Å². The summed E-state index contributed by atoms with van der Waals surface area (Å²) < 4.78 is 0. The van der Waals surface area contributed by atoms with E-state index in [1.807, 2.05) is 56.3 Å². The molecule has 1 atom stereocenters. The Kier molecular flexibility index (Phi) is 6.94. The second kappa shape index (κ2) is 10.3. The van der Waals surface area contributed by atoms with E-state index in [9.17, 15) is 14.4 Å². The number of fused-ring (bicyclic) bond motifs is 2. The Hall–Kier alpha value is -3.77. The van der Waals surface area contributed by atoms with Crippen LogP contribution in [0.3, 0.4) is 0 Å². The van der Waals surface area contributed by atoms with Crippen molar-refractivity contribution in [1.82, 2.24) is 5.32 Å². The molecule has 3 aromatic carbocycles. The molecule has 0 radical (unpaired) electrons. The zero-order chi connectivity index (χ0) is 26.1. The summed E-state index contributed by atoms with van der Waals surface area (Å²) in [6, 6.07) is 22.3. The highest BCUT2D eigenvalue weighted by Crippen LogP contribution is 2.40. The van der Waals surface area contributed by atoms with E-state index >= 15 is 0 Å². The number of hydrogen-bond acceptors (Lipinski definition) is 5. The molecule has 3 N–H and O–H groups in total. The van der Waals surface area contributed by atoms with E-state index in [0.717, 1.165) is 37.1 Å². The monoisotopic (exact) mass is 495 g/mol. The summed E-state index contributed by atoms with van der Waals surface area (Å²) >= 11 is 0. The van der Waals surface area contributed by atoms with Crippen LogP contribution in [0.4, 0.5) is 11.4 Å². The number of anilines is 2. The molecule has 6 heteroatoms. The number of hydrogen-bond donors (Lipinski definition) is 2. The number of para-hydroxylation sites is 1. The van der Waals surface area contributed by atoms with E-state index in [4.69, 9.17) is 5.73 Å². The molecule has 0 heterocycles. The number of amides is 1. The van der Waals surface area contributed by atoms with E-state index in [1.54, 1.807) is 30.3 Å². The van der Waals surface area contributed by atoms with Gasteiger partial charge in [-0.05, 0) is 49.8 Å². The summed E-state index contributed by atoms with van der Waals surface area (Å²) in [5, 5.41) is 3.13. The van der Waals surface area contributed by atoms with E-state index in [0.29, 0.717) is 22.3 Å². The third-order valence-corrected chi connectivity index (χ3v) is 7.65. The summed E-state index contributed by atoms with van der Waals surface area (Å²) in [6.45, 7) is 3.90. The highest BCUT2D eigenvalue weighted by Gasteiger charge is 2.36. The Labute approximate surface area is 217 Å². The minimum atomic E-state index is -0.513. The maximum absolute atomic E-state index is 13.7. The van der Waals surface area contributed by atoms with E-state index in [1.165, 1.54) is 0 Å². The van der Waals surface area contributed by atoms with Gasteiger partial charge in [0.05, 0.1) is 17.3 Å². The van der Waals surface area contributed by atoms with Gasteiger partial charge in [-0.3, -0.25) is 14.4 Å². The molecule has 1 fully saturated rings. The molecule has 2 aliphatic carbocycles. The molecule has 1 saturated carbocycles. The summed E-state index contributed by atoms with van der Waals surface area (Å²) in [5.41, 5.74) is 9.61. The summed E-state index contributed by atoms with van der Waals surface area (Å²) in [6.07, 6.45) is 3.29. The van der Waals surface area contributed by atoms with E-state index < -0.39 is 6.04 Å². The molecule has 0 bridgehead atoms. The fraction of sp³-hybridized carbons (Fsp3) is 0.323. The number of nitrogens with zero attached hydrogens (tertiary/aromatic N) is 1. The fourth-order valence-corrected chi connectivity index (χ4v) is 5.54. The molecule has 1 amide bonds. The third-order valence-electron chi connectivity index (χ3n) is 7.65. The van der Waals surface area contributed by atoms with Crippen LogP contribution in [0, 0.1) is 5.92 Å². The quantitative estimate of drug-likeness (QED) is 0.392. The Balaban J connectivity index is 1.47. The zero-order valence-corrected chi connectivity index (χ0v) is 21.3. The molecule has 5 rings (SSSR count). The fourth-order valence-electron chi connectivity index (χ4n) is 5.54. The second-order valence-corrected chi connectivity index (χ2v) is 10.4. The second-order valence-electron chi connectivity index (χ2n) is 10.4. The van der Waals surface area contributed by atoms with Gasteiger partial charge in [0.15, 0.2) is 11.6 Å². The standard InChI is InChI=1S/C31H33N3O3/c1-19(2)28(32)31(37)33-20-15-17-22(18-16-20)34(21-9-4-3-5-10-21)26-14-8-13-25-27(26)30(36)24-12-7-6-11-23(24)29(25)35/h3-14,19-20,22,28H,15-18,32H2,1-2H3,(H,33,37)/t20?,22?,28-/m1/s1. The van der Waals surface area contributed by atoms with Gasteiger partial charge in [-0.1, -0.05) is 68.4 Å². The molecule has 0 spiro atoms. The van der Waals surface area contributed by atoms with Crippen LogP contribution in [-0.2, 0) is 4.79 Å². The van der Waals surface area contributed by atoms with Crippen molar-refractivity contribution in [3.8, 4) is 0 Å². The van der Waals surface area contributed by atoms with Crippen molar-refractivity contribution < 1.29 is 14.4 Å². The SMILES string of the molecule is CC(C)[C@@H](N)C(=O)NC1CCC(N(c2ccccc2)c2cccc3c2C(=O)c2ccccc2C3=O)CC1. The predicted molar refractivity (Wildman–Crippen MR) is 145 cm³/mol. The summed E-state index contributed by atoms with van der Waals surface area (Å²) in [5.74, 6) is -0.254. The normalized spacial score (nSPS) is 19.7. The number of carbonyl (C=O) groups excluding carboxylic acids is 3. The van der Waals surface area contributed by atoms with Crippen molar-refractivity contribution in [2.45, 2.75) is 57.7 Å². The number of benzene rings is 3. The Morgan fingerprint density at radius 1 is 0.811 bits per heavy atom. The molecule has 190 valence electrons. The largest absolute Gasteiger partial charge is 0.352 e. The van der Waals surface area contributed by atoms with Gasteiger partial charge in [-0.25, -0.2) is 0 Å². The van der Waals surface area contributed by atoms with E-state index in [-0.39, 0.29) is 35.5 Å². The molecule has 0 unspecified atom stereocenters. The minimum absolute atomic E-state index is 0.0750. The van der Waals surface area contributed by atoms with Crippen LogP contribution in [0.1, 0.15) is 71.4 Å². The first-order valence-electron chi connectivity index (χ1n) is 13.1. The maximum atomic E-state index is 13.7. The Bertz CT molecular complexity index is 1330. The van der Waals surface area contributed by atoms with Crippen molar-refractivity contribution in [2.75, 3.05) is 4.90 Å². The van der Waals surface area contributed by atoms with Gasteiger partial charge in [0, 0.05) is 34.5 Å². The lowest BCUT2D eigenvalue weighted by Crippen LogP contribution is -2.50. The van der Waals surface area contributed by atoms with Crippen LogP contribution in [0.15, 0.2) is 72.8 Å². The molecular weight excluding hydrogens is 462 g/mol. The number of rotatable bonds is 6. The van der Waals surface area contributed by atoms with Crippen molar-refractivity contribution in [2.24, 2.45) is 11.7 Å². The van der Waals surface area contributed by atoms with Crippen molar-refractivity contribution in [3.05, 3.63) is 95.1 Å². The maximum Gasteiger partial charge on any atom is 0.237 e. The highest BCUT2D eigenvalue weighted by atomic mass is 16.2. The van der Waals surface area contributed by atoms with Crippen LogP contribution in [0.2, 0.25) is 0 Å². The average Bonchev–Trinajstić information content (AvgIpc) is 2.93. The Morgan fingerprint density at radius 2 is 1.41 bits per heavy atom. The molecule has 3 aromatic rings. The molecule has 6 nitrogen and oxygen atoms in total. The van der Waals surface area contributed by atoms with E-state index in [2.05, 4.69) is 10.2 Å². The lowest BCUT2D eigenvalue weighted by molar-refractivity contribution is -0.124. The predicted octanol–water partition coefficient (Wildman–Crippen LogP) is 5.01. The smallest absolute Gasteiger partial charge is 0.237 e. The number of ketones is 2. The molecule has 0 aromatic heterocycles. The summed E-state index contributed by atoms with van der Waals surface area (Å²) in [7, 11) is 0. The first-order valence-corrected chi connectivity index (χ1v) is 13.1. The molecular formula is C31H33N3O3. The first kappa shape index (κ1) is 24.9. The van der Waals surface area contributed by atoms with Gasteiger partial charge < -0.3 is 16.0 Å². The molecule has 2 aliphatic rings. The van der Waals surface area contributed by atoms with Gasteiger partial charge >= 0.3 is 0 Å². The van der Waals surface area contributed by atoms with Crippen LogP contribution < -0.4 is 16.0 Å². The average molecular weight is 496 g/mol. The van der Waals surface area contributed by atoms with Crippen LogP contribution in [0.25, 0.3) is 0 Å². The minimum Gasteiger partial charge on any atom is -0.352 e. The number of nitrogens with one attached hydrogen (secondary N) is 1. The third kappa shape index (κ3) is 4.69. The van der Waals surface area contributed by atoms with Gasteiger partial charge in [-0.15, -0.1) is 0 Å². The van der Waals surface area contributed by atoms with Crippen LogP contribution >= 0.6 is 0 Å². The van der Waals surface area contributed by atoms with Gasteiger partial charge in [0.25, 0.3) is 0 Å². The number of nitrogens with two attached hydrogens (primary N) is 1. The van der Waals surface area contributed by atoms with Gasteiger partial charge in [0.2, 0.25) is 5.91 Å². The zero-order valence-electron chi connectivity index (χ0n) is 21.3. The van der Waals surface area contributed by atoms with Gasteiger partial charge in [0.1, 0.15) is 0 Å². The molecule has 37 heavy (non-hydrogen) atoms. The number of carbonyl (C=O) groups is 3. The van der Waals surface area contributed by atoms with Crippen molar-refractivity contribution in [1.29, 1.82) is 0 Å². The van der Waals surface area contributed by atoms with Crippen molar-refractivity contribution in [3.63, 3.8) is 0 Å². The summed E-state index contributed by atoms with van der Waals surface area (Å²) in [4.78, 5) is 41.9. The van der Waals surface area contributed by atoms with Crippen LogP contribution in [-0.4, -0.2) is 35.6 Å². The lowest BCUT2D eigenvalue weighted by atomic mass is 9.82. The topological polar surface area (TPSA) is 92.5 Å².